The van der Waals surface area contributed by atoms with E-state index in [-0.39, 0.29) is 5.75 Å². The fraction of sp³-hybridized carbons (Fsp3) is 0.312. The van der Waals surface area contributed by atoms with Crippen molar-refractivity contribution in [3.8, 4) is 5.75 Å². The molecule has 0 amide bonds. The Morgan fingerprint density at radius 2 is 2.12 bits per heavy atom. The first-order valence-electron chi connectivity index (χ1n) is 7.47. The van der Waals surface area contributed by atoms with Crippen molar-refractivity contribution in [1.29, 1.82) is 0 Å². The number of anilines is 1. The quantitative estimate of drug-likeness (QED) is 0.423. The minimum atomic E-state index is -3.88. The molecule has 0 spiro atoms. The average molecular weight is 351 g/mol. The maximum absolute atomic E-state index is 10.7. The first kappa shape index (κ1) is 18.0. The number of benzene rings is 1. The number of ether oxygens (including phenoxy) is 1. The number of hydrogen-bond acceptors (Lipinski definition) is 6. The van der Waals surface area contributed by atoms with E-state index in [9.17, 15) is 8.42 Å². The molecule has 8 heteroatoms. The summed E-state index contributed by atoms with van der Waals surface area (Å²) in [5.74, 6) is 0.567. The number of rotatable bonds is 8. The Labute approximate surface area is 142 Å². The Bertz CT molecular complexity index is 724. The van der Waals surface area contributed by atoms with Crippen LogP contribution in [0.1, 0.15) is 6.42 Å². The molecule has 0 atom stereocenters. The van der Waals surface area contributed by atoms with E-state index < -0.39 is 10.1 Å². The summed E-state index contributed by atoms with van der Waals surface area (Å²) in [5.41, 5.74) is 4.76. The molecule has 0 radical (unpaired) electrons. The SMILES string of the molecule is COc1ccc(NN=CC2=CCN(CCCS(=O)(=O)O)C=C2)cc1. The first-order valence-corrected chi connectivity index (χ1v) is 9.08. The molecule has 1 aromatic carbocycles. The van der Waals surface area contributed by atoms with Gasteiger partial charge in [-0.05, 0) is 48.5 Å². The van der Waals surface area contributed by atoms with Gasteiger partial charge in [0, 0.05) is 13.1 Å². The molecule has 24 heavy (non-hydrogen) atoms. The fourth-order valence-electron chi connectivity index (χ4n) is 2.10. The van der Waals surface area contributed by atoms with Crippen molar-refractivity contribution in [3.05, 3.63) is 48.2 Å². The van der Waals surface area contributed by atoms with Crippen LogP contribution in [0.5, 0.6) is 5.75 Å². The summed E-state index contributed by atoms with van der Waals surface area (Å²) in [6.07, 6.45) is 7.89. The molecule has 130 valence electrons. The molecule has 1 heterocycles. The first-order chi connectivity index (χ1) is 11.5. The summed E-state index contributed by atoms with van der Waals surface area (Å²) in [4.78, 5) is 1.97. The predicted molar refractivity (Wildman–Crippen MR) is 94.9 cm³/mol. The summed E-state index contributed by atoms with van der Waals surface area (Å²) in [6.45, 7) is 1.24. The maximum atomic E-state index is 10.7. The van der Waals surface area contributed by atoms with Crippen molar-refractivity contribution < 1.29 is 17.7 Å². The van der Waals surface area contributed by atoms with Crippen LogP contribution in [0.2, 0.25) is 0 Å². The van der Waals surface area contributed by atoms with Crippen LogP contribution in [-0.4, -0.2) is 50.0 Å². The number of hydrazone groups is 1. The molecular weight excluding hydrogens is 330 g/mol. The van der Waals surface area contributed by atoms with Gasteiger partial charge in [0.2, 0.25) is 0 Å². The van der Waals surface area contributed by atoms with Gasteiger partial charge in [-0.3, -0.25) is 9.98 Å². The van der Waals surface area contributed by atoms with E-state index in [1.54, 1.807) is 13.3 Å². The second kappa shape index (κ2) is 8.51. The zero-order chi connectivity index (χ0) is 17.4. The van der Waals surface area contributed by atoms with Crippen LogP contribution < -0.4 is 10.2 Å². The molecule has 1 aromatic rings. The van der Waals surface area contributed by atoms with Gasteiger partial charge < -0.3 is 9.64 Å². The Kier molecular flexibility index (Phi) is 6.39. The van der Waals surface area contributed by atoms with Crippen LogP contribution in [-0.2, 0) is 10.1 Å². The van der Waals surface area contributed by atoms with Gasteiger partial charge >= 0.3 is 0 Å². The molecule has 1 aliphatic rings. The van der Waals surface area contributed by atoms with Crippen molar-refractivity contribution in [3.63, 3.8) is 0 Å². The van der Waals surface area contributed by atoms with Crippen molar-refractivity contribution in [2.75, 3.05) is 31.4 Å². The maximum Gasteiger partial charge on any atom is 0.264 e. The lowest BCUT2D eigenvalue weighted by atomic mass is 10.2. The van der Waals surface area contributed by atoms with Crippen LogP contribution >= 0.6 is 0 Å². The van der Waals surface area contributed by atoms with E-state index in [0.717, 1.165) is 17.0 Å². The van der Waals surface area contributed by atoms with E-state index >= 15 is 0 Å². The Morgan fingerprint density at radius 1 is 1.38 bits per heavy atom. The molecule has 2 rings (SSSR count). The van der Waals surface area contributed by atoms with Crippen LogP contribution in [0.3, 0.4) is 0 Å². The highest BCUT2D eigenvalue weighted by atomic mass is 32.2. The zero-order valence-electron chi connectivity index (χ0n) is 13.4. The number of nitrogens with one attached hydrogen (secondary N) is 1. The van der Waals surface area contributed by atoms with Gasteiger partial charge in [-0.1, -0.05) is 6.08 Å². The van der Waals surface area contributed by atoms with E-state index in [0.29, 0.717) is 19.5 Å². The molecule has 0 bridgehead atoms. The zero-order valence-corrected chi connectivity index (χ0v) is 14.2. The normalized spacial score (nSPS) is 14.8. The molecule has 0 fully saturated rings. The highest BCUT2D eigenvalue weighted by Gasteiger charge is 2.07. The monoisotopic (exact) mass is 351 g/mol. The average Bonchev–Trinajstić information content (AvgIpc) is 2.56. The Morgan fingerprint density at radius 3 is 2.71 bits per heavy atom. The number of methoxy groups -OCH3 is 1. The van der Waals surface area contributed by atoms with Gasteiger partial charge in [0.15, 0.2) is 0 Å². The highest BCUT2D eigenvalue weighted by Crippen LogP contribution is 2.15. The second-order valence-corrected chi connectivity index (χ2v) is 6.82. The van der Waals surface area contributed by atoms with Crippen LogP contribution in [0.25, 0.3) is 0 Å². The van der Waals surface area contributed by atoms with Crippen LogP contribution in [0, 0.1) is 0 Å². The predicted octanol–water partition coefficient (Wildman–Crippen LogP) is 2.13. The molecule has 0 saturated carbocycles. The van der Waals surface area contributed by atoms with E-state index in [1.807, 2.05) is 47.5 Å². The second-order valence-electron chi connectivity index (χ2n) is 5.25. The van der Waals surface area contributed by atoms with Gasteiger partial charge in [0.05, 0.1) is 24.8 Å². The van der Waals surface area contributed by atoms with Crippen LogP contribution in [0.15, 0.2) is 53.3 Å². The van der Waals surface area contributed by atoms with Crippen molar-refractivity contribution in [1.82, 2.24) is 4.90 Å². The summed E-state index contributed by atoms with van der Waals surface area (Å²) in [5, 5.41) is 4.17. The van der Waals surface area contributed by atoms with Crippen molar-refractivity contribution in [2.45, 2.75) is 6.42 Å². The molecule has 0 aliphatic carbocycles. The largest absolute Gasteiger partial charge is 0.497 e. The smallest absolute Gasteiger partial charge is 0.264 e. The van der Waals surface area contributed by atoms with Gasteiger partial charge in [-0.2, -0.15) is 13.5 Å². The molecule has 2 N–H and O–H groups in total. The van der Waals surface area contributed by atoms with Crippen LogP contribution in [0.4, 0.5) is 5.69 Å². The number of nitrogens with zero attached hydrogens (tertiary/aromatic N) is 2. The molecule has 1 aliphatic heterocycles. The third-order valence-electron chi connectivity index (χ3n) is 3.38. The third kappa shape index (κ3) is 6.43. The Balaban J connectivity index is 1.75. The lowest BCUT2D eigenvalue weighted by molar-refractivity contribution is 0.405. The number of hydrogen-bond donors (Lipinski definition) is 2. The summed E-state index contributed by atoms with van der Waals surface area (Å²) in [7, 11) is -2.26. The lowest BCUT2D eigenvalue weighted by Gasteiger charge is -2.21. The van der Waals surface area contributed by atoms with Gasteiger partial charge in [-0.25, -0.2) is 0 Å². The van der Waals surface area contributed by atoms with E-state index in [1.165, 1.54) is 0 Å². The summed E-state index contributed by atoms with van der Waals surface area (Å²) < 4.78 is 35.1. The third-order valence-corrected chi connectivity index (χ3v) is 4.19. The number of allylic oxidation sites excluding steroid dienone is 2. The molecule has 0 aromatic heterocycles. The van der Waals surface area contributed by atoms with Gasteiger partial charge in [-0.15, -0.1) is 0 Å². The summed E-state index contributed by atoms with van der Waals surface area (Å²) in [6, 6.07) is 7.45. The van der Waals surface area contributed by atoms with E-state index in [2.05, 4.69) is 10.5 Å². The highest BCUT2D eigenvalue weighted by molar-refractivity contribution is 7.85. The minimum Gasteiger partial charge on any atom is -0.497 e. The lowest BCUT2D eigenvalue weighted by Crippen LogP contribution is -2.23. The standard InChI is InChI=1S/C16H21N3O4S/c1-23-16-5-3-15(4-6-16)18-17-13-14-7-10-19(11-8-14)9-2-12-24(20,21)22/h3-8,10,13,18H,2,9,11-12H2,1H3,(H,20,21,22). The Hall–Kier alpha value is -2.32. The minimum absolute atomic E-state index is 0.221. The van der Waals surface area contributed by atoms with Gasteiger partial charge in [0.25, 0.3) is 10.1 Å². The topological polar surface area (TPSA) is 91.2 Å². The van der Waals surface area contributed by atoms with Gasteiger partial charge in [0.1, 0.15) is 5.75 Å². The molecule has 7 nitrogen and oxygen atoms in total. The molecular formula is C16H21N3O4S. The summed E-state index contributed by atoms with van der Waals surface area (Å²) >= 11 is 0. The fourth-order valence-corrected chi connectivity index (χ4v) is 2.60. The molecule has 0 saturated heterocycles. The van der Waals surface area contributed by atoms with Crippen molar-refractivity contribution >= 4 is 22.0 Å². The molecule has 0 unspecified atom stereocenters. The van der Waals surface area contributed by atoms with E-state index in [4.69, 9.17) is 9.29 Å². The van der Waals surface area contributed by atoms with Crippen molar-refractivity contribution in [2.24, 2.45) is 5.10 Å².